The molecule has 0 bridgehead atoms. The zero-order valence-corrected chi connectivity index (χ0v) is 15.2. The summed E-state index contributed by atoms with van der Waals surface area (Å²) in [5, 5.41) is 10.2. The molecule has 0 fully saturated rings. The van der Waals surface area contributed by atoms with Crippen molar-refractivity contribution < 1.29 is 9.84 Å². The Hall–Kier alpha value is -1.06. The molecule has 1 aromatic carbocycles. The fourth-order valence-corrected chi connectivity index (χ4v) is 2.89. The van der Waals surface area contributed by atoms with Gasteiger partial charge >= 0.3 is 0 Å². The molecular weight excluding hydrogens is 274 g/mol. The predicted molar refractivity (Wildman–Crippen MR) is 93.7 cm³/mol. The molecule has 0 spiro atoms. The average molecular weight is 307 g/mol. The summed E-state index contributed by atoms with van der Waals surface area (Å²) < 4.78 is 5.73. The van der Waals surface area contributed by atoms with Crippen molar-refractivity contribution in [3.05, 3.63) is 28.8 Å². The van der Waals surface area contributed by atoms with Crippen LogP contribution in [0.25, 0.3) is 0 Å². The van der Waals surface area contributed by atoms with Crippen LogP contribution in [0.5, 0.6) is 5.75 Å². The van der Waals surface area contributed by atoms with Crippen molar-refractivity contribution in [2.45, 2.75) is 77.9 Å². The SMILES string of the molecule is CCC(N)C(O)CC(C)c1cc(C)cc(C(C)(C)C)c1OC. The summed E-state index contributed by atoms with van der Waals surface area (Å²) in [5.41, 5.74) is 9.58. The Bertz CT molecular complexity index is 491. The van der Waals surface area contributed by atoms with Crippen LogP contribution in [0.15, 0.2) is 12.1 Å². The Morgan fingerprint density at radius 2 is 1.86 bits per heavy atom. The van der Waals surface area contributed by atoms with Gasteiger partial charge in [-0.2, -0.15) is 0 Å². The van der Waals surface area contributed by atoms with Crippen molar-refractivity contribution in [3.63, 3.8) is 0 Å². The molecule has 3 atom stereocenters. The first-order valence-electron chi connectivity index (χ1n) is 8.24. The van der Waals surface area contributed by atoms with Gasteiger partial charge in [0, 0.05) is 11.6 Å². The smallest absolute Gasteiger partial charge is 0.126 e. The largest absolute Gasteiger partial charge is 0.496 e. The topological polar surface area (TPSA) is 55.5 Å². The fourth-order valence-electron chi connectivity index (χ4n) is 2.89. The van der Waals surface area contributed by atoms with Gasteiger partial charge in [0.05, 0.1) is 13.2 Å². The molecule has 0 heterocycles. The minimum atomic E-state index is -0.483. The number of nitrogens with two attached hydrogens (primary N) is 1. The summed E-state index contributed by atoms with van der Waals surface area (Å²) in [6.45, 7) is 12.8. The molecule has 0 aliphatic carbocycles. The molecule has 1 rings (SSSR count). The summed E-state index contributed by atoms with van der Waals surface area (Å²) in [7, 11) is 1.73. The van der Waals surface area contributed by atoms with Crippen molar-refractivity contribution >= 4 is 0 Å². The van der Waals surface area contributed by atoms with E-state index in [1.54, 1.807) is 7.11 Å². The van der Waals surface area contributed by atoms with Gasteiger partial charge in [-0.1, -0.05) is 52.3 Å². The number of aryl methyl sites for hydroxylation is 1. The third kappa shape index (κ3) is 4.47. The molecule has 3 heteroatoms. The summed E-state index contributed by atoms with van der Waals surface area (Å²) >= 11 is 0. The Morgan fingerprint density at radius 1 is 1.27 bits per heavy atom. The van der Waals surface area contributed by atoms with Crippen LogP contribution in [0.1, 0.15) is 70.1 Å². The first kappa shape index (κ1) is 19.0. The van der Waals surface area contributed by atoms with Gasteiger partial charge < -0.3 is 15.6 Å². The molecule has 0 aliphatic rings. The second-order valence-corrected chi connectivity index (χ2v) is 7.46. The van der Waals surface area contributed by atoms with Gasteiger partial charge in [0.2, 0.25) is 0 Å². The zero-order chi connectivity index (χ0) is 17.1. The molecule has 1 aromatic rings. The molecule has 0 radical (unpaired) electrons. The molecular formula is C19H33NO2. The molecule has 0 saturated carbocycles. The molecule has 0 amide bonds. The number of hydrogen-bond donors (Lipinski definition) is 2. The van der Waals surface area contributed by atoms with E-state index < -0.39 is 6.10 Å². The van der Waals surface area contributed by atoms with Crippen molar-refractivity contribution in [2.75, 3.05) is 7.11 Å². The van der Waals surface area contributed by atoms with Crippen LogP contribution in [0, 0.1) is 6.92 Å². The average Bonchev–Trinajstić information content (AvgIpc) is 2.44. The predicted octanol–water partition coefficient (Wildman–Crippen LogP) is 3.89. The maximum atomic E-state index is 10.2. The molecule has 3 N–H and O–H groups in total. The van der Waals surface area contributed by atoms with Crippen LogP contribution in [-0.4, -0.2) is 24.4 Å². The summed E-state index contributed by atoms with van der Waals surface area (Å²) in [4.78, 5) is 0. The number of methoxy groups -OCH3 is 1. The van der Waals surface area contributed by atoms with Crippen molar-refractivity contribution in [1.29, 1.82) is 0 Å². The monoisotopic (exact) mass is 307 g/mol. The molecule has 22 heavy (non-hydrogen) atoms. The van der Waals surface area contributed by atoms with E-state index in [-0.39, 0.29) is 17.4 Å². The van der Waals surface area contributed by atoms with E-state index in [0.717, 1.165) is 17.7 Å². The lowest BCUT2D eigenvalue weighted by Crippen LogP contribution is -2.34. The third-order valence-corrected chi connectivity index (χ3v) is 4.37. The van der Waals surface area contributed by atoms with Crippen molar-refractivity contribution in [2.24, 2.45) is 5.73 Å². The van der Waals surface area contributed by atoms with Crippen LogP contribution < -0.4 is 10.5 Å². The highest BCUT2D eigenvalue weighted by Gasteiger charge is 2.25. The molecule has 3 nitrogen and oxygen atoms in total. The lowest BCUT2D eigenvalue weighted by molar-refractivity contribution is 0.126. The molecule has 0 aromatic heterocycles. The van der Waals surface area contributed by atoms with E-state index in [0.29, 0.717) is 6.42 Å². The third-order valence-electron chi connectivity index (χ3n) is 4.37. The highest BCUT2D eigenvalue weighted by molar-refractivity contribution is 5.49. The van der Waals surface area contributed by atoms with Crippen LogP contribution >= 0.6 is 0 Å². The van der Waals surface area contributed by atoms with Gasteiger partial charge in [0.15, 0.2) is 0 Å². The number of rotatable bonds is 6. The Kier molecular flexibility index (Phi) is 6.45. The first-order chi connectivity index (χ1) is 10.1. The molecule has 0 saturated heterocycles. The maximum absolute atomic E-state index is 10.2. The van der Waals surface area contributed by atoms with Crippen molar-refractivity contribution in [1.82, 2.24) is 0 Å². The van der Waals surface area contributed by atoms with Crippen LogP contribution in [0.3, 0.4) is 0 Å². The number of ether oxygens (including phenoxy) is 1. The summed E-state index contributed by atoms with van der Waals surface area (Å²) in [5.74, 6) is 1.14. The summed E-state index contributed by atoms with van der Waals surface area (Å²) in [6, 6.07) is 4.20. The van der Waals surface area contributed by atoms with E-state index in [2.05, 4.69) is 46.8 Å². The van der Waals surface area contributed by atoms with E-state index in [4.69, 9.17) is 10.5 Å². The Labute approximate surface area is 135 Å². The number of aliphatic hydroxyl groups excluding tert-OH is 1. The minimum absolute atomic E-state index is 0.0181. The van der Waals surface area contributed by atoms with Crippen molar-refractivity contribution in [3.8, 4) is 5.75 Å². The second kappa shape index (κ2) is 7.47. The quantitative estimate of drug-likeness (QED) is 0.838. The lowest BCUT2D eigenvalue weighted by atomic mass is 9.81. The zero-order valence-electron chi connectivity index (χ0n) is 15.2. The lowest BCUT2D eigenvalue weighted by Gasteiger charge is -2.28. The van der Waals surface area contributed by atoms with E-state index >= 15 is 0 Å². The highest BCUT2D eigenvalue weighted by atomic mass is 16.5. The van der Waals surface area contributed by atoms with Gasteiger partial charge in [0.1, 0.15) is 5.75 Å². The van der Waals surface area contributed by atoms with Gasteiger partial charge in [-0.05, 0) is 36.7 Å². The van der Waals surface area contributed by atoms with Gasteiger partial charge in [-0.25, -0.2) is 0 Å². The van der Waals surface area contributed by atoms with Gasteiger partial charge in [0.25, 0.3) is 0 Å². The van der Waals surface area contributed by atoms with Gasteiger partial charge in [-0.15, -0.1) is 0 Å². The standard InChI is InChI=1S/C19H33NO2/c1-8-16(20)17(21)11-13(3)14-9-12(2)10-15(18(14)22-7)19(4,5)6/h9-10,13,16-17,21H,8,11,20H2,1-7H3. The van der Waals surface area contributed by atoms with Crippen LogP contribution in [0.4, 0.5) is 0 Å². The number of benzene rings is 1. The maximum Gasteiger partial charge on any atom is 0.126 e. The highest BCUT2D eigenvalue weighted by Crippen LogP contribution is 2.39. The summed E-state index contributed by atoms with van der Waals surface area (Å²) in [6.07, 6.45) is 0.952. The second-order valence-electron chi connectivity index (χ2n) is 7.46. The molecule has 126 valence electrons. The first-order valence-corrected chi connectivity index (χ1v) is 8.24. The van der Waals surface area contributed by atoms with E-state index in [1.165, 1.54) is 11.1 Å². The van der Waals surface area contributed by atoms with Crippen LogP contribution in [0.2, 0.25) is 0 Å². The number of aliphatic hydroxyl groups is 1. The van der Waals surface area contributed by atoms with E-state index in [1.807, 2.05) is 6.92 Å². The van der Waals surface area contributed by atoms with E-state index in [9.17, 15) is 5.11 Å². The molecule has 3 unspecified atom stereocenters. The molecule has 0 aliphatic heterocycles. The minimum Gasteiger partial charge on any atom is -0.496 e. The Balaban J connectivity index is 3.20. The normalized spacial score (nSPS) is 16.2. The van der Waals surface area contributed by atoms with Gasteiger partial charge in [-0.3, -0.25) is 0 Å². The Morgan fingerprint density at radius 3 is 2.32 bits per heavy atom. The van der Waals surface area contributed by atoms with Crippen LogP contribution in [-0.2, 0) is 5.41 Å². The fraction of sp³-hybridized carbons (Fsp3) is 0.684. The number of hydrogen-bond acceptors (Lipinski definition) is 3.